The second-order valence-electron chi connectivity index (χ2n) is 4.86. The molecule has 21 heavy (non-hydrogen) atoms. The van der Waals surface area contributed by atoms with Crippen LogP contribution in [0.5, 0.6) is 0 Å². The van der Waals surface area contributed by atoms with Gasteiger partial charge in [0.05, 0.1) is 0 Å². The van der Waals surface area contributed by atoms with E-state index in [1.165, 1.54) is 24.0 Å². The second kappa shape index (κ2) is 8.84. The van der Waals surface area contributed by atoms with Gasteiger partial charge in [0.1, 0.15) is 5.54 Å². The van der Waals surface area contributed by atoms with Crippen LogP contribution in [0, 0.1) is 0 Å². The first-order valence-corrected chi connectivity index (χ1v) is 8.19. The Morgan fingerprint density at radius 3 is 2.86 bits per heavy atom. The molecule has 1 atom stereocenters. The van der Waals surface area contributed by atoms with Crippen molar-refractivity contribution >= 4 is 17.7 Å². The predicted octanol–water partition coefficient (Wildman–Crippen LogP) is 1.88. The number of carbonyl (C=O) groups is 1. The molecule has 0 spiro atoms. The zero-order valence-corrected chi connectivity index (χ0v) is 13.3. The van der Waals surface area contributed by atoms with Gasteiger partial charge in [-0.2, -0.15) is 0 Å². The number of carboxylic acid groups (broad SMARTS) is 1. The Hall–Kier alpha value is -1.34. The number of nitrogens with zero attached hydrogens (tertiary/aromatic N) is 1. The third-order valence-electron chi connectivity index (χ3n) is 3.36. The third kappa shape index (κ3) is 5.51. The van der Waals surface area contributed by atoms with Crippen molar-refractivity contribution in [1.29, 1.82) is 0 Å². The smallest absolute Gasteiger partial charge is 0.323 e. The van der Waals surface area contributed by atoms with Crippen LogP contribution in [0.4, 0.5) is 0 Å². The van der Waals surface area contributed by atoms with Crippen LogP contribution in [-0.2, 0) is 4.79 Å². The summed E-state index contributed by atoms with van der Waals surface area (Å²) >= 11 is 1.43. The zero-order valence-electron chi connectivity index (χ0n) is 12.5. The molecule has 118 valence electrons. The normalized spacial score (nSPS) is 13.8. The summed E-state index contributed by atoms with van der Waals surface area (Å²) in [6.45, 7) is 4.60. The summed E-state index contributed by atoms with van der Waals surface area (Å²) in [5.41, 5.74) is -1.03. The van der Waals surface area contributed by atoms with E-state index in [-0.39, 0.29) is 5.56 Å². The molecular weight excluding hydrogens is 290 g/mol. The van der Waals surface area contributed by atoms with E-state index in [1.807, 2.05) is 13.8 Å². The van der Waals surface area contributed by atoms with Crippen molar-refractivity contribution < 1.29 is 9.90 Å². The molecule has 0 aromatic carbocycles. The quantitative estimate of drug-likeness (QED) is 0.347. The predicted molar refractivity (Wildman–Crippen MR) is 83.8 cm³/mol. The van der Waals surface area contributed by atoms with Crippen LogP contribution in [0.2, 0.25) is 0 Å². The lowest BCUT2D eigenvalue weighted by Crippen LogP contribution is -2.52. The molecule has 0 aliphatic rings. The van der Waals surface area contributed by atoms with Crippen LogP contribution in [-0.4, -0.2) is 38.9 Å². The zero-order chi connectivity index (χ0) is 15.7. The summed E-state index contributed by atoms with van der Waals surface area (Å²) in [6.07, 6.45) is 4.22. The summed E-state index contributed by atoms with van der Waals surface area (Å²) in [6, 6.07) is 1.37. The molecular formula is C14H23N3O3S. The van der Waals surface area contributed by atoms with Gasteiger partial charge in [0, 0.05) is 18.0 Å². The summed E-state index contributed by atoms with van der Waals surface area (Å²) in [5, 5.41) is 13.2. The molecule has 1 rings (SSSR count). The highest BCUT2D eigenvalue weighted by Gasteiger charge is 2.35. The largest absolute Gasteiger partial charge is 0.480 e. The molecule has 1 heterocycles. The van der Waals surface area contributed by atoms with E-state index in [4.69, 9.17) is 0 Å². The van der Waals surface area contributed by atoms with Gasteiger partial charge < -0.3 is 15.4 Å². The van der Waals surface area contributed by atoms with Crippen LogP contribution in [0.15, 0.2) is 22.2 Å². The van der Waals surface area contributed by atoms with Gasteiger partial charge in [0.2, 0.25) is 0 Å². The highest BCUT2D eigenvalue weighted by Crippen LogP contribution is 2.21. The van der Waals surface area contributed by atoms with Gasteiger partial charge in [-0.3, -0.25) is 9.59 Å². The molecule has 6 nitrogen and oxygen atoms in total. The molecule has 1 aromatic heterocycles. The Morgan fingerprint density at radius 1 is 1.52 bits per heavy atom. The molecule has 0 fully saturated rings. The van der Waals surface area contributed by atoms with Crippen LogP contribution in [0.1, 0.15) is 39.5 Å². The third-order valence-corrected chi connectivity index (χ3v) is 4.33. The standard InChI is InChI=1S/C14H23N3O3S/c1-3-8-16-14(4-2,12(19)20)7-5-10-21-13-15-9-6-11(18)17-13/h6,9,16H,3-5,7-8,10H2,1-2H3,(H,19,20)(H,15,17,18). The lowest BCUT2D eigenvalue weighted by atomic mass is 9.90. The Labute approximate surface area is 128 Å². The molecule has 0 aliphatic carbocycles. The average molecular weight is 313 g/mol. The molecule has 0 aliphatic heterocycles. The maximum atomic E-state index is 11.5. The number of rotatable bonds is 10. The van der Waals surface area contributed by atoms with Gasteiger partial charge >= 0.3 is 5.97 Å². The van der Waals surface area contributed by atoms with Crippen molar-refractivity contribution in [3.8, 4) is 0 Å². The maximum absolute atomic E-state index is 11.5. The minimum Gasteiger partial charge on any atom is -0.480 e. The highest BCUT2D eigenvalue weighted by atomic mass is 32.2. The van der Waals surface area contributed by atoms with Crippen molar-refractivity contribution in [1.82, 2.24) is 15.3 Å². The Kier molecular flexibility index (Phi) is 7.45. The molecule has 1 aromatic rings. The Balaban J connectivity index is 2.49. The molecule has 0 saturated carbocycles. The van der Waals surface area contributed by atoms with E-state index >= 15 is 0 Å². The maximum Gasteiger partial charge on any atom is 0.323 e. The SMILES string of the molecule is CCCNC(CC)(CCCSc1nccc(=O)[nH]1)C(=O)O. The van der Waals surface area contributed by atoms with E-state index in [0.717, 1.165) is 18.6 Å². The summed E-state index contributed by atoms with van der Waals surface area (Å²) in [7, 11) is 0. The summed E-state index contributed by atoms with van der Waals surface area (Å²) in [4.78, 5) is 29.4. The Bertz CT molecular complexity index is 506. The van der Waals surface area contributed by atoms with Crippen LogP contribution >= 0.6 is 11.8 Å². The summed E-state index contributed by atoms with van der Waals surface area (Å²) in [5.74, 6) is -0.0785. The van der Waals surface area contributed by atoms with E-state index in [0.29, 0.717) is 24.5 Å². The van der Waals surface area contributed by atoms with Gasteiger partial charge in [-0.1, -0.05) is 25.6 Å². The topological polar surface area (TPSA) is 95.1 Å². The van der Waals surface area contributed by atoms with Crippen molar-refractivity contribution in [3.63, 3.8) is 0 Å². The highest BCUT2D eigenvalue weighted by molar-refractivity contribution is 7.99. The van der Waals surface area contributed by atoms with Gasteiger partial charge in [0.25, 0.3) is 5.56 Å². The first kappa shape index (κ1) is 17.7. The molecule has 1 unspecified atom stereocenters. The lowest BCUT2D eigenvalue weighted by molar-refractivity contribution is -0.145. The van der Waals surface area contributed by atoms with Gasteiger partial charge in [-0.25, -0.2) is 4.98 Å². The number of H-pyrrole nitrogens is 1. The van der Waals surface area contributed by atoms with Gasteiger partial charge in [-0.15, -0.1) is 0 Å². The minimum absolute atomic E-state index is 0.175. The van der Waals surface area contributed by atoms with Crippen molar-refractivity contribution in [2.75, 3.05) is 12.3 Å². The monoisotopic (exact) mass is 313 g/mol. The average Bonchev–Trinajstić information content (AvgIpc) is 2.46. The van der Waals surface area contributed by atoms with E-state index in [1.54, 1.807) is 0 Å². The molecule has 7 heteroatoms. The number of aromatic nitrogens is 2. The van der Waals surface area contributed by atoms with Crippen LogP contribution in [0.3, 0.4) is 0 Å². The fraction of sp³-hybridized carbons (Fsp3) is 0.643. The fourth-order valence-electron chi connectivity index (χ4n) is 2.06. The second-order valence-corrected chi connectivity index (χ2v) is 5.94. The lowest BCUT2D eigenvalue weighted by Gasteiger charge is -2.29. The number of thioether (sulfide) groups is 1. The van der Waals surface area contributed by atoms with Crippen molar-refractivity contribution in [2.24, 2.45) is 0 Å². The first-order chi connectivity index (χ1) is 10.0. The van der Waals surface area contributed by atoms with Gasteiger partial charge in [0.15, 0.2) is 5.16 Å². The summed E-state index contributed by atoms with van der Waals surface area (Å²) < 4.78 is 0. The van der Waals surface area contributed by atoms with E-state index < -0.39 is 11.5 Å². The number of carboxylic acids is 1. The first-order valence-electron chi connectivity index (χ1n) is 7.20. The van der Waals surface area contributed by atoms with Gasteiger partial charge in [-0.05, 0) is 32.2 Å². The number of aliphatic carboxylic acids is 1. The van der Waals surface area contributed by atoms with E-state index in [2.05, 4.69) is 15.3 Å². The number of hydrogen-bond acceptors (Lipinski definition) is 5. The van der Waals surface area contributed by atoms with Crippen molar-refractivity contribution in [3.05, 3.63) is 22.6 Å². The van der Waals surface area contributed by atoms with E-state index in [9.17, 15) is 14.7 Å². The van der Waals surface area contributed by atoms with Crippen LogP contribution in [0.25, 0.3) is 0 Å². The molecule has 3 N–H and O–H groups in total. The fourth-order valence-corrected chi connectivity index (χ4v) is 2.85. The molecule has 0 radical (unpaired) electrons. The van der Waals surface area contributed by atoms with Crippen LogP contribution < -0.4 is 10.9 Å². The molecule has 0 saturated heterocycles. The Morgan fingerprint density at radius 2 is 2.29 bits per heavy atom. The number of hydrogen-bond donors (Lipinski definition) is 3. The molecule has 0 bridgehead atoms. The number of aromatic amines is 1. The van der Waals surface area contributed by atoms with Crippen molar-refractivity contribution in [2.45, 2.75) is 50.2 Å². The number of nitrogens with one attached hydrogen (secondary N) is 2. The molecule has 0 amide bonds. The minimum atomic E-state index is -0.853.